The lowest BCUT2D eigenvalue weighted by atomic mass is 9.83. The van der Waals surface area contributed by atoms with Crippen molar-refractivity contribution in [2.24, 2.45) is 10.8 Å². The summed E-state index contributed by atoms with van der Waals surface area (Å²) < 4.78 is 160. The van der Waals surface area contributed by atoms with Gasteiger partial charge in [0.05, 0.1) is 61.6 Å². The lowest BCUT2D eigenvalue weighted by Crippen LogP contribution is -2.62. The maximum atomic E-state index is 16.0. The number of hydrazine groups is 1. The molecule has 2 aromatic carbocycles. The Kier molecular flexibility index (Phi) is 18.7. The van der Waals surface area contributed by atoms with Crippen molar-refractivity contribution in [1.29, 1.82) is 0 Å². The maximum absolute atomic E-state index is 16.0. The van der Waals surface area contributed by atoms with Gasteiger partial charge in [0, 0.05) is 86.1 Å². The Bertz CT molecular complexity index is 2780. The molecule has 3 saturated heterocycles. The summed E-state index contributed by atoms with van der Waals surface area (Å²) in [5.74, 6) is 2.63. The number of carbonyl (C=O) groups excluding carboxylic acids is 3. The summed E-state index contributed by atoms with van der Waals surface area (Å²) in [4.78, 5) is 52.7. The Morgan fingerprint density at radius 1 is 0.810 bits per heavy atom. The van der Waals surface area contributed by atoms with Crippen molar-refractivity contribution in [1.82, 2.24) is 51.0 Å². The number of aromatic nitrogens is 4. The largest absolute Gasteiger partial charge is 0.453 e. The normalized spacial score (nSPS) is 18.3. The molecule has 5 atom stereocenters. The smallest absolute Gasteiger partial charge is 0.407 e. The number of carbonyl (C=O) groups is 3. The number of hydrogen-bond donors (Lipinski definition) is 4. The van der Waals surface area contributed by atoms with E-state index in [0.717, 1.165) is 96.6 Å². The van der Waals surface area contributed by atoms with Gasteiger partial charge in [-0.2, -0.15) is 40.2 Å². The van der Waals surface area contributed by atoms with Crippen LogP contribution in [-0.4, -0.2) is 150 Å². The van der Waals surface area contributed by atoms with Crippen molar-refractivity contribution < 1.29 is 72.5 Å². The van der Waals surface area contributed by atoms with Crippen LogP contribution in [0.15, 0.2) is 61.1 Å². The molecule has 3 aliphatic heterocycles. The first-order valence-electron chi connectivity index (χ1n) is 25.1. The molecule has 0 spiro atoms. The second kappa shape index (κ2) is 24.7. The number of methoxy groups -OCH3 is 2. The van der Waals surface area contributed by atoms with Crippen molar-refractivity contribution >= 4 is 24.0 Å². The van der Waals surface area contributed by atoms with E-state index in [9.17, 15) is 49.5 Å². The minimum atomic E-state index is -5.14. The molecule has 7 rings (SSSR count). The third-order valence-corrected chi connectivity index (χ3v) is 14.8. The zero-order valence-corrected chi connectivity index (χ0v) is 44.0. The van der Waals surface area contributed by atoms with E-state index in [0.29, 0.717) is 54.6 Å². The van der Waals surface area contributed by atoms with E-state index in [-0.39, 0.29) is 28.8 Å². The molecule has 17 nitrogen and oxygen atoms in total. The topological polar surface area (TPSA) is 180 Å². The number of nitrogens with zero attached hydrogens (tertiary/aromatic N) is 7. The number of nitrogens with one attached hydrogen (secondary N) is 4. The fraction of sp³-hybridized carbons (Fsp3) is 0.538. The summed E-state index contributed by atoms with van der Waals surface area (Å²) >= 11 is 0. The quantitative estimate of drug-likeness (QED) is 0.0388. The number of piperazine rings is 1. The lowest BCUT2D eigenvalue weighted by Gasteiger charge is -2.47. The van der Waals surface area contributed by atoms with Crippen LogP contribution in [0.25, 0.3) is 11.3 Å². The van der Waals surface area contributed by atoms with Gasteiger partial charge in [0.15, 0.2) is 0 Å². The van der Waals surface area contributed by atoms with E-state index in [1.54, 1.807) is 36.7 Å². The van der Waals surface area contributed by atoms with Gasteiger partial charge in [-0.15, -0.1) is 0 Å². The first-order valence-corrected chi connectivity index (χ1v) is 25.1. The number of hydrogen-bond acceptors (Lipinski definition) is 13. The second-order valence-corrected chi connectivity index (χ2v) is 20.7. The zero-order valence-electron chi connectivity index (χ0n) is 44.0. The molecule has 4 aromatic rings. The number of amides is 3. The van der Waals surface area contributed by atoms with Crippen LogP contribution in [0.3, 0.4) is 0 Å². The fourth-order valence-electron chi connectivity index (χ4n) is 9.55. The van der Waals surface area contributed by atoms with Crippen molar-refractivity contribution in [2.75, 3.05) is 58.5 Å². The van der Waals surface area contributed by atoms with Crippen LogP contribution in [0.4, 0.5) is 59.4 Å². The van der Waals surface area contributed by atoms with E-state index in [1.165, 1.54) is 0 Å². The van der Waals surface area contributed by atoms with Gasteiger partial charge in [-0.1, -0.05) is 24.0 Å². The first kappa shape index (κ1) is 59.9. The molecule has 3 amide bonds. The molecule has 5 heterocycles. The van der Waals surface area contributed by atoms with Crippen molar-refractivity contribution in [3.8, 4) is 23.1 Å². The SMILES string of the molecule is COC(=O)N[C@H](C(=O)NN(CC[C@@H](Cc1ccc(C#Cc2cnc(N3CC4CCC(C3)N4C3COC3)nc2)cc1)NC[C@@H](NC(=O)OC)C(C)(C)C(F)(F)F)Cc1c(F)cc(-c2ccn(C(F)F)n2)cc1F)C(C)(C)C(F)(F)F. The summed E-state index contributed by atoms with van der Waals surface area (Å²) in [6.07, 6.45) is -6.47. The molecule has 0 radical (unpaired) electrons. The highest BCUT2D eigenvalue weighted by atomic mass is 19.4. The van der Waals surface area contributed by atoms with Gasteiger partial charge >= 0.3 is 31.1 Å². The molecule has 3 aliphatic rings. The Labute approximate surface area is 449 Å². The molecule has 2 unspecified atom stereocenters. The fourth-order valence-corrected chi connectivity index (χ4v) is 9.55. The van der Waals surface area contributed by atoms with E-state index in [1.807, 2.05) is 5.32 Å². The van der Waals surface area contributed by atoms with Crippen LogP contribution < -0.4 is 26.3 Å². The zero-order chi connectivity index (χ0) is 57.6. The molecule has 27 heteroatoms. The minimum absolute atomic E-state index is 0.00288. The summed E-state index contributed by atoms with van der Waals surface area (Å²) in [7, 11) is 1.80. The summed E-state index contributed by atoms with van der Waals surface area (Å²) in [6, 6.07) is 5.59. The minimum Gasteiger partial charge on any atom is -0.453 e. The molecule has 79 heavy (non-hydrogen) atoms. The van der Waals surface area contributed by atoms with Crippen LogP contribution >= 0.6 is 0 Å². The number of rotatable bonds is 20. The Hall–Kier alpha value is -6.76. The van der Waals surface area contributed by atoms with Gasteiger partial charge in [0.25, 0.3) is 5.91 Å². The van der Waals surface area contributed by atoms with Crippen molar-refractivity contribution in [3.05, 3.63) is 94.9 Å². The molecule has 0 aliphatic carbocycles. The number of ether oxygens (including phenoxy) is 3. The molecular formula is C52H61F10N11O6. The predicted molar refractivity (Wildman–Crippen MR) is 266 cm³/mol. The van der Waals surface area contributed by atoms with Crippen LogP contribution in [0, 0.1) is 34.3 Å². The van der Waals surface area contributed by atoms with Crippen molar-refractivity contribution in [2.45, 2.75) is 115 Å². The summed E-state index contributed by atoms with van der Waals surface area (Å²) in [6.45, 7) is 1.05. The number of fused-ring (bicyclic) bond motifs is 2. The number of alkyl carbamates (subject to hydrolysis) is 2. The monoisotopic (exact) mass is 1130 g/mol. The Balaban J connectivity index is 1.14. The van der Waals surface area contributed by atoms with E-state index in [4.69, 9.17) is 4.74 Å². The third kappa shape index (κ3) is 14.4. The number of halogens is 10. The first-order chi connectivity index (χ1) is 37.2. The highest BCUT2D eigenvalue weighted by Crippen LogP contribution is 2.42. The summed E-state index contributed by atoms with van der Waals surface area (Å²) in [5.41, 5.74) is -2.92. The summed E-state index contributed by atoms with van der Waals surface area (Å²) in [5, 5.41) is 11.6. The standard InChI is InChI=1S/C52H61F10N11O6/c1-49(2,51(57,58)59)42(66-47(75)77-5)24-63-34(19-31-10-7-30(8-11-31)9-12-32-22-64-46(65-23-32)70-25-35-13-14-36(26-70)73(35)37-28-79-29-37)15-17-71(69-44(74)43(67-48(76)78-6)50(3,4)52(60,61)62)27-38-39(53)20-33(21-40(38)54)41-16-18-72(68-41)45(55)56/h7-8,10-11,16,18,20-23,34-37,42-43,45,63H,13-15,17,19,24-29H2,1-6H3,(H,66,75)(H,67,76)(H,69,74)/t34-,35?,36?,42+,43+/m0/s1. The van der Waals surface area contributed by atoms with Crippen molar-refractivity contribution in [3.63, 3.8) is 0 Å². The Morgan fingerprint density at radius 3 is 1.92 bits per heavy atom. The van der Waals surface area contributed by atoms with Gasteiger partial charge in [0.2, 0.25) is 5.95 Å². The van der Waals surface area contributed by atoms with Crippen LogP contribution in [0.2, 0.25) is 0 Å². The van der Waals surface area contributed by atoms with Crippen LogP contribution in [-0.2, 0) is 32.0 Å². The van der Waals surface area contributed by atoms with E-state index < -0.39 is 103 Å². The number of benzene rings is 2. The molecule has 2 aromatic heterocycles. The van der Waals surface area contributed by atoms with Gasteiger partial charge in [-0.05, 0) is 89.3 Å². The average molecular weight is 1130 g/mol. The number of anilines is 1. The van der Waals surface area contributed by atoms with Gasteiger partial charge in [-0.3, -0.25) is 15.1 Å². The van der Waals surface area contributed by atoms with E-state index in [2.05, 4.69) is 62.2 Å². The molecule has 2 bridgehead atoms. The van der Waals surface area contributed by atoms with Gasteiger partial charge in [0.1, 0.15) is 17.7 Å². The van der Waals surface area contributed by atoms with Crippen LogP contribution in [0.5, 0.6) is 0 Å². The molecule has 4 N–H and O–H groups in total. The highest BCUT2D eigenvalue weighted by molar-refractivity contribution is 5.86. The highest BCUT2D eigenvalue weighted by Gasteiger charge is 2.56. The molecule has 3 fully saturated rings. The Morgan fingerprint density at radius 2 is 1.39 bits per heavy atom. The predicted octanol–water partition coefficient (Wildman–Crippen LogP) is 7.52. The average Bonchev–Trinajstić information content (AvgIpc) is 4.12. The maximum Gasteiger partial charge on any atom is 0.407 e. The van der Waals surface area contributed by atoms with Gasteiger partial charge in [-0.25, -0.2) is 38.0 Å². The molecule has 430 valence electrons. The second-order valence-electron chi connectivity index (χ2n) is 20.7. The lowest BCUT2D eigenvalue weighted by molar-refractivity contribution is -0.221. The molecule has 0 saturated carbocycles. The van der Waals surface area contributed by atoms with Crippen LogP contribution in [0.1, 0.15) is 75.8 Å². The number of alkyl halides is 8. The third-order valence-electron chi connectivity index (χ3n) is 14.8. The van der Waals surface area contributed by atoms with Gasteiger partial charge < -0.3 is 35.1 Å². The van der Waals surface area contributed by atoms with E-state index >= 15 is 8.78 Å². The molecular weight excluding hydrogens is 1060 g/mol.